The van der Waals surface area contributed by atoms with Crippen molar-refractivity contribution < 1.29 is 4.79 Å². The van der Waals surface area contributed by atoms with Gasteiger partial charge >= 0.3 is 0 Å². The molecular weight excluding hydrogens is 250 g/mol. The van der Waals surface area contributed by atoms with Gasteiger partial charge in [-0.25, -0.2) is 0 Å². The quantitative estimate of drug-likeness (QED) is 0.815. The van der Waals surface area contributed by atoms with Crippen LogP contribution in [-0.2, 0) is 0 Å². The Hall–Kier alpha value is -2.64. The lowest BCUT2D eigenvalue weighted by Crippen LogP contribution is -2.12. The molecule has 4 heteroatoms. The molecule has 20 heavy (non-hydrogen) atoms. The number of anilines is 1. The van der Waals surface area contributed by atoms with Crippen LogP contribution in [0.25, 0.3) is 0 Å². The van der Waals surface area contributed by atoms with Gasteiger partial charge < -0.3 is 11.1 Å². The van der Waals surface area contributed by atoms with Crippen molar-refractivity contribution in [3.05, 3.63) is 59.4 Å². The average molecular weight is 265 g/mol. The third-order valence-corrected chi connectivity index (χ3v) is 2.61. The van der Waals surface area contributed by atoms with Crippen LogP contribution >= 0.6 is 0 Å². The first kappa shape index (κ1) is 13.8. The van der Waals surface area contributed by atoms with E-state index in [1.807, 2.05) is 31.2 Å². The van der Waals surface area contributed by atoms with E-state index in [9.17, 15) is 4.79 Å². The Bertz CT molecular complexity index is 666. The van der Waals surface area contributed by atoms with Crippen LogP contribution in [-0.4, -0.2) is 17.4 Å². The molecule has 0 fully saturated rings. The summed E-state index contributed by atoms with van der Waals surface area (Å²) in [5.41, 5.74) is 8.38. The summed E-state index contributed by atoms with van der Waals surface area (Å²) >= 11 is 0. The Kier molecular flexibility index (Phi) is 4.48. The molecule has 2 aromatic rings. The second-order valence-corrected chi connectivity index (χ2v) is 4.29. The molecule has 0 aliphatic heterocycles. The molecule has 0 saturated heterocycles. The topological polar surface area (TPSA) is 68.0 Å². The third kappa shape index (κ3) is 3.67. The summed E-state index contributed by atoms with van der Waals surface area (Å²) < 4.78 is 0. The highest BCUT2D eigenvalue weighted by Crippen LogP contribution is 2.11. The van der Waals surface area contributed by atoms with Crippen LogP contribution in [0, 0.1) is 18.8 Å². The van der Waals surface area contributed by atoms with E-state index in [1.165, 1.54) is 0 Å². The predicted molar refractivity (Wildman–Crippen MR) is 79.3 cm³/mol. The van der Waals surface area contributed by atoms with E-state index in [0.717, 1.165) is 16.8 Å². The van der Waals surface area contributed by atoms with Gasteiger partial charge in [0.2, 0.25) is 0 Å². The Morgan fingerprint density at radius 2 is 2.05 bits per heavy atom. The highest BCUT2D eigenvalue weighted by atomic mass is 16.1. The zero-order chi connectivity index (χ0) is 14.4. The van der Waals surface area contributed by atoms with Crippen LogP contribution in [0.5, 0.6) is 0 Å². The van der Waals surface area contributed by atoms with Crippen molar-refractivity contribution in [1.29, 1.82) is 0 Å². The van der Waals surface area contributed by atoms with E-state index >= 15 is 0 Å². The number of benzene rings is 1. The molecule has 4 nitrogen and oxygen atoms in total. The SMILES string of the molecule is Cc1cncc(C(=O)Nc2ccc(C#CCN)cc2)c1. The van der Waals surface area contributed by atoms with Gasteiger partial charge in [0.15, 0.2) is 0 Å². The Morgan fingerprint density at radius 3 is 2.70 bits per heavy atom. The molecule has 0 spiro atoms. The maximum absolute atomic E-state index is 12.0. The molecule has 3 N–H and O–H groups in total. The number of pyridine rings is 1. The minimum absolute atomic E-state index is 0.179. The average Bonchev–Trinajstić information content (AvgIpc) is 2.46. The second kappa shape index (κ2) is 6.50. The summed E-state index contributed by atoms with van der Waals surface area (Å²) in [6.07, 6.45) is 3.26. The van der Waals surface area contributed by atoms with Crippen LogP contribution in [0.1, 0.15) is 21.5 Å². The van der Waals surface area contributed by atoms with Gasteiger partial charge in [0.25, 0.3) is 5.91 Å². The van der Waals surface area contributed by atoms with Gasteiger partial charge in [-0.05, 0) is 42.8 Å². The number of carbonyl (C=O) groups excluding carboxylic acids is 1. The fraction of sp³-hybridized carbons (Fsp3) is 0.125. The smallest absolute Gasteiger partial charge is 0.257 e. The van der Waals surface area contributed by atoms with E-state index in [1.54, 1.807) is 18.5 Å². The number of hydrogen-bond donors (Lipinski definition) is 2. The summed E-state index contributed by atoms with van der Waals surface area (Å²) in [5.74, 6) is 5.53. The lowest BCUT2D eigenvalue weighted by molar-refractivity contribution is 0.102. The fourth-order valence-corrected chi connectivity index (χ4v) is 1.67. The highest BCUT2D eigenvalue weighted by molar-refractivity contribution is 6.04. The number of aryl methyl sites for hydroxylation is 1. The first-order valence-electron chi connectivity index (χ1n) is 6.21. The first-order valence-corrected chi connectivity index (χ1v) is 6.21. The number of rotatable bonds is 2. The number of nitrogens with two attached hydrogens (primary N) is 1. The number of aromatic nitrogens is 1. The van der Waals surface area contributed by atoms with Crippen molar-refractivity contribution in [3.63, 3.8) is 0 Å². The molecule has 1 amide bonds. The van der Waals surface area contributed by atoms with Gasteiger partial charge in [-0.2, -0.15) is 0 Å². The first-order chi connectivity index (χ1) is 9.69. The Morgan fingerprint density at radius 1 is 1.30 bits per heavy atom. The number of carbonyl (C=O) groups is 1. The third-order valence-electron chi connectivity index (χ3n) is 2.61. The summed E-state index contributed by atoms with van der Waals surface area (Å²) in [7, 11) is 0. The summed E-state index contributed by atoms with van der Waals surface area (Å²) in [4.78, 5) is 16.0. The maximum Gasteiger partial charge on any atom is 0.257 e. The summed E-state index contributed by atoms with van der Waals surface area (Å²) in [6.45, 7) is 2.23. The van der Waals surface area contributed by atoms with Crippen molar-refractivity contribution in [2.24, 2.45) is 5.73 Å². The van der Waals surface area contributed by atoms with Gasteiger partial charge in [-0.3, -0.25) is 9.78 Å². The van der Waals surface area contributed by atoms with Crippen molar-refractivity contribution in [2.75, 3.05) is 11.9 Å². The zero-order valence-electron chi connectivity index (χ0n) is 11.2. The molecule has 2 rings (SSSR count). The van der Waals surface area contributed by atoms with Gasteiger partial charge in [-0.15, -0.1) is 0 Å². The summed E-state index contributed by atoms with van der Waals surface area (Å²) in [5, 5.41) is 2.82. The number of nitrogens with zero attached hydrogens (tertiary/aromatic N) is 1. The van der Waals surface area contributed by atoms with Crippen LogP contribution in [0.4, 0.5) is 5.69 Å². The molecule has 0 radical (unpaired) electrons. The summed E-state index contributed by atoms with van der Waals surface area (Å²) in [6, 6.07) is 9.09. The van der Waals surface area contributed by atoms with E-state index < -0.39 is 0 Å². The molecule has 0 atom stereocenters. The molecular formula is C16H15N3O. The van der Waals surface area contributed by atoms with E-state index in [0.29, 0.717) is 12.1 Å². The molecule has 0 unspecified atom stereocenters. The Balaban J connectivity index is 2.08. The molecule has 0 aliphatic carbocycles. The molecule has 100 valence electrons. The minimum Gasteiger partial charge on any atom is -0.322 e. The maximum atomic E-state index is 12.0. The molecule has 0 bridgehead atoms. The predicted octanol–water partition coefficient (Wildman–Crippen LogP) is 1.95. The van der Waals surface area contributed by atoms with Crippen molar-refractivity contribution >= 4 is 11.6 Å². The van der Waals surface area contributed by atoms with Crippen molar-refractivity contribution in [2.45, 2.75) is 6.92 Å². The van der Waals surface area contributed by atoms with Crippen LogP contribution in [0.2, 0.25) is 0 Å². The number of nitrogens with one attached hydrogen (secondary N) is 1. The molecule has 1 aromatic carbocycles. The molecule has 1 heterocycles. The zero-order valence-corrected chi connectivity index (χ0v) is 11.2. The van der Waals surface area contributed by atoms with Gasteiger partial charge in [0, 0.05) is 23.6 Å². The lowest BCUT2D eigenvalue weighted by atomic mass is 10.2. The molecule has 0 saturated carbocycles. The monoisotopic (exact) mass is 265 g/mol. The minimum atomic E-state index is -0.179. The standard InChI is InChI=1S/C16H15N3O/c1-12-9-14(11-18-10-12)16(20)19-15-6-4-13(5-7-15)3-2-8-17/h4-7,9-11H,8,17H2,1H3,(H,19,20). The lowest BCUT2D eigenvalue weighted by Gasteiger charge is -2.05. The van der Waals surface area contributed by atoms with Crippen LogP contribution < -0.4 is 11.1 Å². The second-order valence-electron chi connectivity index (χ2n) is 4.29. The van der Waals surface area contributed by atoms with E-state index in [2.05, 4.69) is 22.1 Å². The Labute approximate surface area is 118 Å². The van der Waals surface area contributed by atoms with Crippen molar-refractivity contribution in [1.82, 2.24) is 4.98 Å². The molecule has 0 aliphatic rings. The number of hydrogen-bond acceptors (Lipinski definition) is 3. The number of amides is 1. The van der Waals surface area contributed by atoms with E-state index in [-0.39, 0.29) is 5.91 Å². The molecule has 1 aromatic heterocycles. The van der Waals surface area contributed by atoms with Gasteiger partial charge in [0.05, 0.1) is 12.1 Å². The van der Waals surface area contributed by atoms with Crippen molar-refractivity contribution in [3.8, 4) is 11.8 Å². The van der Waals surface area contributed by atoms with Crippen LogP contribution in [0.3, 0.4) is 0 Å². The van der Waals surface area contributed by atoms with Gasteiger partial charge in [-0.1, -0.05) is 11.8 Å². The normalized spacial score (nSPS) is 9.50. The highest BCUT2D eigenvalue weighted by Gasteiger charge is 2.06. The largest absolute Gasteiger partial charge is 0.322 e. The van der Waals surface area contributed by atoms with E-state index in [4.69, 9.17) is 5.73 Å². The fourth-order valence-electron chi connectivity index (χ4n) is 1.67. The van der Waals surface area contributed by atoms with Gasteiger partial charge in [0.1, 0.15) is 0 Å². The van der Waals surface area contributed by atoms with Crippen LogP contribution in [0.15, 0.2) is 42.7 Å².